The van der Waals surface area contributed by atoms with Gasteiger partial charge in [0.2, 0.25) is 5.91 Å². The summed E-state index contributed by atoms with van der Waals surface area (Å²) < 4.78 is 46.4. The molecular weight excluding hydrogens is 643 g/mol. The van der Waals surface area contributed by atoms with Crippen LogP contribution in [0.5, 0.6) is 0 Å². The molecule has 0 saturated carbocycles. The average molecular weight is 688 g/mol. The fourth-order valence-electron chi connectivity index (χ4n) is 5.13. The standard InChI is InChI=1S/C19H21NO2.C16H23F3N4O4/c1-14(2)19(22)20-17(13-21)18(15-9-5-3-6-10-15)16-11-7-4-8-12-16;1-20-13-10(4-5-21-14(13)24)2-3-12-6-22-11(7-26-12)8-27-15(25)23-9-16(17,18)19/h3-14,17-18H,1-2H3,(H,20,22);4-5,11-12,20,22H,2-3,6-9H2,1H3,(H,21,24)(H,23,25)/t;11-,12+/m.0/s1. The molecule has 266 valence electrons. The number of anilines is 1. The van der Waals surface area contributed by atoms with E-state index in [0.717, 1.165) is 23.0 Å². The van der Waals surface area contributed by atoms with E-state index in [9.17, 15) is 32.3 Å². The van der Waals surface area contributed by atoms with Gasteiger partial charge in [-0.25, -0.2) is 4.79 Å². The molecule has 0 spiro atoms. The Morgan fingerprint density at radius 1 is 1.04 bits per heavy atom. The summed E-state index contributed by atoms with van der Waals surface area (Å²) in [5.41, 5.74) is 3.25. The number of aldehydes is 1. The molecule has 2 amide bonds. The number of amides is 2. The molecule has 2 aromatic carbocycles. The number of halogens is 3. The van der Waals surface area contributed by atoms with Crippen molar-refractivity contribution in [3.63, 3.8) is 0 Å². The van der Waals surface area contributed by atoms with Crippen LogP contribution in [0.15, 0.2) is 77.7 Å². The van der Waals surface area contributed by atoms with Gasteiger partial charge in [0.1, 0.15) is 25.1 Å². The number of benzene rings is 2. The van der Waals surface area contributed by atoms with Gasteiger partial charge >= 0.3 is 12.3 Å². The second kappa shape index (κ2) is 19.3. The van der Waals surface area contributed by atoms with E-state index in [1.54, 1.807) is 18.6 Å². The Balaban J connectivity index is 0.000000271. The van der Waals surface area contributed by atoms with Crippen LogP contribution in [-0.2, 0) is 25.5 Å². The lowest BCUT2D eigenvalue weighted by molar-refractivity contribution is -0.126. The van der Waals surface area contributed by atoms with E-state index in [1.165, 1.54) is 0 Å². The lowest BCUT2D eigenvalue weighted by Crippen LogP contribution is -2.49. The maximum atomic E-state index is 12.0. The molecule has 11 nitrogen and oxygen atoms in total. The summed E-state index contributed by atoms with van der Waals surface area (Å²) in [6.45, 7) is 2.89. The Kier molecular flexibility index (Phi) is 15.3. The highest BCUT2D eigenvalue weighted by Crippen LogP contribution is 2.27. The molecule has 3 atom stereocenters. The predicted octanol–water partition coefficient (Wildman–Crippen LogP) is 4.15. The lowest BCUT2D eigenvalue weighted by atomic mass is 9.85. The minimum Gasteiger partial charge on any atom is -0.448 e. The number of nitrogens with one attached hydrogen (secondary N) is 5. The van der Waals surface area contributed by atoms with Crippen molar-refractivity contribution in [3.8, 4) is 0 Å². The van der Waals surface area contributed by atoms with Gasteiger partial charge in [0.25, 0.3) is 5.56 Å². The topological polar surface area (TPSA) is 151 Å². The van der Waals surface area contributed by atoms with E-state index < -0.39 is 24.9 Å². The highest BCUT2D eigenvalue weighted by molar-refractivity contribution is 5.82. The molecule has 5 N–H and O–H groups in total. The Hall–Kier alpha value is -4.69. The molecule has 3 aromatic rings. The third-order valence-electron chi connectivity index (χ3n) is 7.71. The first-order valence-corrected chi connectivity index (χ1v) is 16.0. The number of aromatic amines is 1. The molecule has 1 aliphatic heterocycles. The van der Waals surface area contributed by atoms with Gasteiger partial charge in [0, 0.05) is 31.6 Å². The minimum atomic E-state index is -4.48. The van der Waals surface area contributed by atoms with Gasteiger partial charge in [-0.05, 0) is 35.6 Å². The molecule has 49 heavy (non-hydrogen) atoms. The van der Waals surface area contributed by atoms with Crippen molar-refractivity contribution < 1.29 is 37.0 Å². The lowest BCUT2D eigenvalue weighted by Gasteiger charge is -2.30. The normalized spacial score (nSPS) is 16.6. The maximum absolute atomic E-state index is 12.0. The van der Waals surface area contributed by atoms with Crippen molar-refractivity contribution in [2.45, 2.75) is 57.0 Å². The van der Waals surface area contributed by atoms with Crippen LogP contribution in [0.2, 0.25) is 0 Å². The SMILES string of the molecule is CC(C)C(=O)NC(C=O)C(c1ccccc1)c1ccccc1.CNc1c(CC[C@@H]2CN[C@H](COC(=O)NCC(F)(F)F)CO2)cc[nH]c1=O. The highest BCUT2D eigenvalue weighted by atomic mass is 19.4. The van der Waals surface area contributed by atoms with Gasteiger partial charge in [-0.1, -0.05) is 74.5 Å². The number of hydrogen-bond acceptors (Lipinski definition) is 8. The third kappa shape index (κ3) is 13.0. The number of carbonyl (C=O) groups excluding carboxylic acids is 3. The molecule has 1 saturated heterocycles. The number of ether oxygens (including phenoxy) is 2. The first-order valence-electron chi connectivity index (χ1n) is 16.0. The number of hydrogen-bond donors (Lipinski definition) is 5. The van der Waals surface area contributed by atoms with Gasteiger partial charge in [0.05, 0.1) is 24.8 Å². The number of pyridine rings is 1. The van der Waals surface area contributed by atoms with Crippen molar-refractivity contribution in [1.29, 1.82) is 0 Å². The number of alkyl carbamates (subject to hydrolysis) is 1. The molecule has 2 heterocycles. The van der Waals surface area contributed by atoms with E-state index in [0.29, 0.717) is 25.1 Å². The van der Waals surface area contributed by atoms with E-state index in [2.05, 4.69) is 20.9 Å². The van der Waals surface area contributed by atoms with Crippen LogP contribution in [0.3, 0.4) is 0 Å². The summed E-state index contributed by atoms with van der Waals surface area (Å²) in [5, 5.41) is 10.5. The Bertz CT molecular complexity index is 1470. The summed E-state index contributed by atoms with van der Waals surface area (Å²) in [6.07, 6.45) is -1.93. The molecule has 0 aliphatic carbocycles. The highest BCUT2D eigenvalue weighted by Gasteiger charge is 2.29. The van der Waals surface area contributed by atoms with Crippen LogP contribution in [0.25, 0.3) is 0 Å². The molecule has 14 heteroatoms. The Morgan fingerprint density at radius 3 is 2.18 bits per heavy atom. The summed E-state index contributed by atoms with van der Waals surface area (Å²) in [4.78, 5) is 49.2. The van der Waals surface area contributed by atoms with Crippen LogP contribution < -0.4 is 26.8 Å². The van der Waals surface area contributed by atoms with Gasteiger partial charge in [-0.15, -0.1) is 0 Å². The number of H-pyrrole nitrogens is 1. The van der Waals surface area contributed by atoms with Crippen LogP contribution in [-0.4, -0.2) is 81.0 Å². The number of aryl methyl sites for hydroxylation is 1. The monoisotopic (exact) mass is 687 g/mol. The Morgan fingerprint density at radius 2 is 1.67 bits per heavy atom. The zero-order chi connectivity index (χ0) is 35.8. The van der Waals surface area contributed by atoms with Crippen LogP contribution >= 0.6 is 0 Å². The second-order valence-corrected chi connectivity index (χ2v) is 11.7. The second-order valence-electron chi connectivity index (χ2n) is 11.7. The van der Waals surface area contributed by atoms with Gasteiger partial charge < -0.3 is 40.5 Å². The Labute approximate surface area is 283 Å². The molecule has 0 radical (unpaired) electrons. The zero-order valence-electron chi connectivity index (χ0n) is 27.7. The van der Waals surface area contributed by atoms with Gasteiger partial charge in [-0.2, -0.15) is 13.2 Å². The number of alkyl halides is 3. The molecule has 0 bridgehead atoms. The average Bonchev–Trinajstić information content (AvgIpc) is 3.10. The minimum absolute atomic E-state index is 0.0794. The number of aromatic nitrogens is 1. The predicted molar refractivity (Wildman–Crippen MR) is 179 cm³/mol. The van der Waals surface area contributed by atoms with Gasteiger partial charge in [-0.3, -0.25) is 9.59 Å². The number of carbonyl (C=O) groups is 3. The van der Waals surface area contributed by atoms with Crippen molar-refractivity contribution in [1.82, 2.24) is 20.9 Å². The fraction of sp³-hybridized carbons (Fsp3) is 0.429. The van der Waals surface area contributed by atoms with Crippen molar-refractivity contribution >= 4 is 24.0 Å². The van der Waals surface area contributed by atoms with Crippen molar-refractivity contribution in [2.24, 2.45) is 5.92 Å². The first-order chi connectivity index (χ1) is 23.4. The molecule has 4 rings (SSSR count). The summed E-state index contributed by atoms with van der Waals surface area (Å²) in [5.74, 6) is -0.466. The quantitative estimate of drug-likeness (QED) is 0.168. The molecular formula is C35H44F3N5O6. The molecule has 1 fully saturated rings. The van der Waals surface area contributed by atoms with E-state index in [-0.39, 0.29) is 48.7 Å². The van der Waals surface area contributed by atoms with Crippen LogP contribution in [0.4, 0.5) is 23.7 Å². The number of morpholine rings is 1. The molecule has 1 aliphatic rings. The van der Waals surface area contributed by atoms with E-state index in [4.69, 9.17) is 9.47 Å². The summed E-state index contributed by atoms with van der Waals surface area (Å²) in [7, 11) is 1.68. The smallest absolute Gasteiger partial charge is 0.407 e. The van der Waals surface area contributed by atoms with Crippen molar-refractivity contribution in [2.75, 3.05) is 38.7 Å². The maximum Gasteiger partial charge on any atom is 0.407 e. The first kappa shape index (κ1) is 38.8. The van der Waals surface area contributed by atoms with Crippen molar-refractivity contribution in [3.05, 3.63) is 100.0 Å². The van der Waals surface area contributed by atoms with Crippen LogP contribution in [0.1, 0.15) is 42.9 Å². The van der Waals surface area contributed by atoms with E-state index >= 15 is 0 Å². The fourth-order valence-corrected chi connectivity index (χ4v) is 5.13. The largest absolute Gasteiger partial charge is 0.448 e. The summed E-state index contributed by atoms with van der Waals surface area (Å²) >= 11 is 0. The zero-order valence-corrected chi connectivity index (χ0v) is 27.7. The molecule has 1 unspecified atom stereocenters. The number of rotatable bonds is 13. The molecule has 1 aromatic heterocycles. The third-order valence-corrected chi connectivity index (χ3v) is 7.71. The van der Waals surface area contributed by atoms with E-state index in [1.807, 2.05) is 80.6 Å². The summed E-state index contributed by atoms with van der Waals surface area (Å²) in [6, 6.07) is 20.5. The van der Waals surface area contributed by atoms with Crippen LogP contribution in [0, 0.1) is 5.92 Å². The van der Waals surface area contributed by atoms with Gasteiger partial charge in [0.15, 0.2) is 0 Å².